The summed E-state index contributed by atoms with van der Waals surface area (Å²) in [4.78, 5) is 12.1. The molecule has 0 atom stereocenters. The van der Waals surface area contributed by atoms with Crippen molar-refractivity contribution in [1.29, 1.82) is 5.41 Å². The molecule has 7 heteroatoms. The number of nitrogens with one attached hydrogen (secondary N) is 1. The number of nitrogens with zero attached hydrogens (tertiary/aromatic N) is 3. The zero-order chi connectivity index (χ0) is 12.3. The quantitative estimate of drug-likeness (QED) is 0.551. The van der Waals surface area contributed by atoms with Crippen molar-refractivity contribution < 1.29 is 5.11 Å². The predicted molar refractivity (Wildman–Crippen MR) is 63.1 cm³/mol. The van der Waals surface area contributed by atoms with E-state index in [0.717, 1.165) is 11.8 Å². The van der Waals surface area contributed by atoms with Gasteiger partial charge >= 0.3 is 0 Å². The van der Waals surface area contributed by atoms with E-state index in [4.69, 9.17) is 11.1 Å². The fourth-order valence-corrected chi connectivity index (χ4v) is 2.06. The number of amidine groups is 1. The number of hydrogen-bond donors (Lipinski definition) is 3. The fourth-order valence-electron chi connectivity index (χ4n) is 1.19. The summed E-state index contributed by atoms with van der Waals surface area (Å²) in [5, 5.41) is 17.7. The minimum atomic E-state index is -0.173. The maximum atomic E-state index is 9.67. The summed E-state index contributed by atoms with van der Waals surface area (Å²) in [6.07, 6.45) is 6.05. The molecular weight excluding hydrogens is 238 g/mol. The molecule has 86 valence electrons. The Morgan fingerprint density at radius 3 is 2.76 bits per heavy atom. The number of nitrogen functional groups attached to an aromatic ring is 1. The maximum Gasteiger partial charge on any atom is 0.226 e. The van der Waals surface area contributed by atoms with Crippen molar-refractivity contribution in [1.82, 2.24) is 15.0 Å². The minimum Gasteiger partial charge on any atom is -0.492 e. The van der Waals surface area contributed by atoms with Gasteiger partial charge in [0.05, 0.1) is 11.1 Å². The second-order valence-corrected chi connectivity index (χ2v) is 4.10. The van der Waals surface area contributed by atoms with Crippen LogP contribution in [0.15, 0.2) is 40.8 Å². The van der Waals surface area contributed by atoms with Crippen LogP contribution in [0.4, 0.5) is 0 Å². The van der Waals surface area contributed by atoms with Gasteiger partial charge < -0.3 is 10.8 Å². The third kappa shape index (κ3) is 2.51. The Labute approximate surface area is 101 Å². The van der Waals surface area contributed by atoms with Crippen molar-refractivity contribution in [3.05, 3.63) is 36.4 Å². The first kappa shape index (κ1) is 11.3. The van der Waals surface area contributed by atoms with E-state index in [-0.39, 0.29) is 11.7 Å². The number of aromatic hydroxyl groups is 1. The summed E-state index contributed by atoms with van der Waals surface area (Å²) in [5.74, 6) is -0.303. The van der Waals surface area contributed by atoms with E-state index in [1.165, 1.54) is 6.20 Å². The van der Waals surface area contributed by atoms with E-state index in [0.29, 0.717) is 15.5 Å². The van der Waals surface area contributed by atoms with E-state index in [9.17, 15) is 5.11 Å². The summed E-state index contributed by atoms with van der Waals surface area (Å²) >= 11 is 1.16. The Morgan fingerprint density at radius 2 is 2.12 bits per heavy atom. The summed E-state index contributed by atoms with van der Waals surface area (Å²) in [6.45, 7) is 0. The molecule has 17 heavy (non-hydrogen) atoms. The molecule has 2 heterocycles. The Balaban J connectivity index is 2.41. The van der Waals surface area contributed by atoms with Gasteiger partial charge in [0.1, 0.15) is 10.9 Å². The predicted octanol–water partition coefficient (Wildman–Crippen LogP) is 1.01. The largest absolute Gasteiger partial charge is 0.492 e. The summed E-state index contributed by atoms with van der Waals surface area (Å²) in [7, 11) is 0. The summed E-state index contributed by atoms with van der Waals surface area (Å²) in [6, 6.07) is 1.57. The highest BCUT2D eigenvalue weighted by Crippen LogP contribution is 2.34. The van der Waals surface area contributed by atoms with E-state index in [1.807, 2.05) is 0 Å². The van der Waals surface area contributed by atoms with Crippen LogP contribution in [0.1, 0.15) is 5.56 Å². The first-order valence-corrected chi connectivity index (χ1v) is 5.46. The van der Waals surface area contributed by atoms with Crippen LogP contribution < -0.4 is 5.73 Å². The second-order valence-electron chi connectivity index (χ2n) is 3.07. The molecule has 0 bridgehead atoms. The first-order valence-electron chi connectivity index (χ1n) is 4.64. The molecule has 6 nitrogen and oxygen atoms in total. The molecule has 0 unspecified atom stereocenters. The normalized spacial score (nSPS) is 10.1. The molecule has 2 rings (SSSR count). The Morgan fingerprint density at radius 1 is 1.29 bits per heavy atom. The van der Waals surface area contributed by atoms with Gasteiger partial charge in [0, 0.05) is 24.2 Å². The highest BCUT2D eigenvalue weighted by Gasteiger charge is 2.13. The van der Waals surface area contributed by atoms with Gasteiger partial charge in [-0.25, -0.2) is 9.97 Å². The van der Waals surface area contributed by atoms with E-state index in [1.54, 1.807) is 24.7 Å². The second kappa shape index (κ2) is 4.79. The molecule has 0 aliphatic rings. The summed E-state index contributed by atoms with van der Waals surface area (Å²) in [5.41, 5.74) is 5.86. The van der Waals surface area contributed by atoms with Gasteiger partial charge in [-0.2, -0.15) is 0 Å². The summed E-state index contributed by atoms with van der Waals surface area (Å²) < 4.78 is 0. The highest BCUT2D eigenvalue weighted by molar-refractivity contribution is 7.99. The standard InChI is InChI=1S/C10H9N5OS/c11-9(12)6-1-2-15-10(16)8(6)17-7-5-13-3-4-14-7/h1-5H,(H3,11,12)(H,15,16). The van der Waals surface area contributed by atoms with Crippen LogP contribution in [0.2, 0.25) is 0 Å². The Hall–Kier alpha value is -2.15. The van der Waals surface area contributed by atoms with E-state index >= 15 is 0 Å². The molecule has 4 N–H and O–H groups in total. The average molecular weight is 247 g/mol. The maximum absolute atomic E-state index is 9.67. The molecule has 0 saturated heterocycles. The fraction of sp³-hybridized carbons (Fsp3) is 0. The Bertz CT molecular complexity index is 546. The van der Waals surface area contributed by atoms with Crippen molar-refractivity contribution >= 4 is 17.6 Å². The third-order valence-electron chi connectivity index (χ3n) is 1.92. The zero-order valence-corrected chi connectivity index (χ0v) is 9.48. The smallest absolute Gasteiger partial charge is 0.226 e. The van der Waals surface area contributed by atoms with Crippen molar-refractivity contribution in [2.24, 2.45) is 5.73 Å². The van der Waals surface area contributed by atoms with Crippen LogP contribution in [0.3, 0.4) is 0 Å². The molecule has 0 spiro atoms. The van der Waals surface area contributed by atoms with Crippen LogP contribution in [0, 0.1) is 5.41 Å². The van der Waals surface area contributed by atoms with Gasteiger partial charge in [-0.15, -0.1) is 0 Å². The van der Waals surface area contributed by atoms with Gasteiger partial charge in [0.2, 0.25) is 5.88 Å². The lowest BCUT2D eigenvalue weighted by atomic mass is 10.2. The van der Waals surface area contributed by atoms with Gasteiger partial charge in [0.15, 0.2) is 0 Å². The number of rotatable bonds is 3. The van der Waals surface area contributed by atoms with Crippen molar-refractivity contribution in [3.63, 3.8) is 0 Å². The number of aromatic nitrogens is 3. The van der Waals surface area contributed by atoms with E-state index < -0.39 is 0 Å². The molecule has 0 saturated carbocycles. The van der Waals surface area contributed by atoms with E-state index in [2.05, 4.69) is 15.0 Å². The molecule has 0 aromatic carbocycles. The molecule has 0 aliphatic carbocycles. The molecular formula is C10H9N5OS. The van der Waals surface area contributed by atoms with Crippen LogP contribution >= 0.6 is 11.8 Å². The monoisotopic (exact) mass is 247 g/mol. The number of nitrogens with two attached hydrogens (primary N) is 1. The highest BCUT2D eigenvalue weighted by atomic mass is 32.2. The van der Waals surface area contributed by atoms with Gasteiger partial charge in [-0.05, 0) is 6.07 Å². The molecule has 0 aliphatic heterocycles. The van der Waals surface area contributed by atoms with Crippen molar-refractivity contribution in [3.8, 4) is 5.88 Å². The lowest BCUT2D eigenvalue weighted by Gasteiger charge is -2.07. The lowest BCUT2D eigenvalue weighted by molar-refractivity contribution is 0.439. The van der Waals surface area contributed by atoms with Gasteiger partial charge in [0.25, 0.3) is 0 Å². The van der Waals surface area contributed by atoms with Gasteiger partial charge in [-0.1, -0.05) is 11.8 Å². The number of hydrogen-bond acceptors (Lipinski definition) is 6. The van der Waals surface area contributed by atoms with Crippen molar-refractivity contribution in [2.45, 2.75) is 9.92 Å². The topological polar surface area (TPSA) is 109 Å². The average Bonchev–Trinajstić information content (AvgIpc) is 2.33. The van der Waals surface area contributed by atoms with Crippen LogP contribution in [-0.4, -0.2) is 25.9 Å². The number of pyridine rings is 1. The van der Waals surface area contributed by atoms with Crippen LogP contribution in [0.5, 0.6) is 5.88 Å². The molecule has 0 amide bonds. The lowest BCUT2D eigenvalue weighted by Crippen LogP contribution is -2.12. The zero-order valence-electron chi connectivity index (χ0n) is 8.66. The molecule has 0 fully saturated rings. The first-order chi connectivity index (χ1) is 8.18. The third-order valence-corrected chi connectivity index (χ3v) is 2.95. The molecule has 2 aromatic heterocycles. The molecule has 0 radical (unpaired) electrons. The Kier molecular flexibility index (Phi) is 3.20. The minimum absolute atomic E-state index is 0.130. The van der Waals surface area contributed by atoms with Crippen molar-refractivity contribution in [2.75, 3.05) is 0 Å². The van der Waals surface area contributed by atoms with Crippen LogP contribution in [-0.2, 0) is 0 Å². The molecule has 2 aromatic rings. The van der Waals surface area contributed by atoms with Crippen LogP contribution in [0.25, 0.3) is 0 Å². The SMILES string of the molecule is N=C(N)c1ccnc(O)c1Sc1cnccn1. The van der Waals surface area contributed by atoms with Gasteiger partial charge in [-0.3, -0.25) is 10.4 Å².